The van der Waals surface area contributed by atoms with Crippen LogP contribution in [0.15, 0.2) is 91.0 Å². The van der Waals surface area contributed by atoms with Crippen LogP contribution in [0.25, 0.3) is 38.6 Å². The van der Waals surface area contributed by atoms with Crippen LogP contribution in [-0.2, 0) is 0 Å². The average Bonchev–Trinajstić information content (AvgIpc) is 2.87. The molecular formula is C29H27N2O2+. The van der Waals surface area contributed by atoms with Crippen molar-refractivity contribution >= 4 is 27.5 Å². The number of pyridine rings is 1. The van der Waals surface area contributed by atoms with Crippen molar-refractivity contribution in [3.8, 4) is 28.3 Å². The second-order valence-corrected chi connectivity index (χ2v) is 8.17. The lowest BCUT2D eigenvalue weighted by Crippen LogP contribution is -2.33. The van der Waals surface area contributed by atoms with Gasteiger partial charge >= 0.3 is 0 Å². The van der Waals surface area contributed by atoms with Gasteiger partial charge in [0.25, 0.3) is 0 Å². The fourth-order valence-electron chi connectivity index (χ4n) is 4.68. The summed E-state index contributed by atoms with van der Waals surface area (Å²) in [6.07, 6.45) is 0. The Morgan fingerprint density at radius 3 is 1.94 bits per heavy atom. The summed E-state index contributed by atoms with van der Waals surface area (Å²) < 4.78 is 14.3. The van der Waals surface area contributed by atoms with Gasteiger partial charge in [0.2, 0.25) is 16.7 Å². The lowest BCUT2D eigenvalue weighted by Gasteiger charge is -2.21. The van der Waals surface area contributed by atoms with E-state index in [0.29, 0.717) is 0 Å². The number of para-hydroxylation sites is 1. The van der Waals surface area contributed by atoms with E-state index in [9.17, 15) is 0 Å². The number of ether oxygens (including phenoxy) is 2. The molecule has 0 aliphatic carbocycles. The molecule has 4 heteroatoms. The zero-order chi connectivity index (χ0) is 22.9. The Balaban J connectivity index is 2.12. The number of nitrogens with zero attached hydrogens (tertiary/aromatic N) is 2. The van der Waals surface area contributed by atoms with Crippen molar-refractivity contribution in [3.63, 3.8) is 0 Å². The first-order valence-electron chi connectivity index (χ1n) is 11.0. The molecule has 0 amide bonds. The maximum absolute atomic E-state index is 6.10. The number of hydrogen-bond donors (Lipinski definition) is 0. The molecule has 0 atom stereocenters. The fourth-order valence-corrected chi connectivity index (χ4v) is 4.68. The van der Waals surface area contributed by atoms with Crippen molar-refractivity contribution in [1.29, 1.82) is 0 Å². The van der Waals surface area contributed by atoms with E-state index in [1.807, 2.05) is 38.4 Å². The summed E-state index contributed by atoms with van der Waals surface area (Å²) >= 11 is 0. The number of methoxy groups -OCH3 is 2. The number of benzene rings is 4. The van der Waals surface area contributed by atoms with E-state index in [-0.39, 0.29) is 0 Å². The van der Waals surface area contributed by atoms with Crippen LogP contribution in [0.3, 0.4) is 0 Å². The van der Waals surface area contributed by atoms with E-state index in [1.54, 1.807) is 14.2 Å². The molecule has 1 heterocycles. The maximum atomic E-state index is 6.10. The quantitative estimate of drug-likeness (QED) is 0.249. The normalized spacial score (nSPS) is 11.0. The first-order chi connectivity index (χ1) is 16.2. The minimum Gasteiger partial charge on any atom is -0.496 e. The van der Waals surface area contributed by atoms with Crippen molar-refractivity contribution in [2.24, 2.45) is 0 Å². The van der Waals surface area contributed by atoms with Crippen LogP contribution in [0.1, 0.15) is 0 Å². The first kappa shape index (κ1) is 20.8. The van der Waals surface area contributed by atoms with Crippen LogP contribution in [0.5, 0.6) is 11.5 Å². The Labute approximate surface area is 194 Å². The van der Waals surface area contributed by atoms with Gasteiger partial charge in [0.1, 0.15) is 5.75 Å². The van der Waals surface area contributed by atoms with Crippen LogP contribution in [0.4, 0.5) is 5.69 Å². The van der Waals surface area contributed by atoms with Gasteiger partial charge in [-0.3, -0.25) is 0 Å². The summed E-state index contributed by atoms with van der Waals surface area (Å²) in [5.74, 6) is 1.67. The smallest absolute Gasteiger partial charge is 0.223 e. The van der Waals surface area contributed by atoms with Crippen LogP contribution in [0.2, 0.25) is 0 Å². The third-order valence-electron chi connectivity index (χ3n) is 6.08. The molecule has 5 aromatic rings. The van der Waals surface area contributed by atoms with Crippen molar-refractivity contribution < 1.29 is 14.0 Å². The standard InChI is InChI=1S/C29H27N2O2/c1-30(2)24-19-18-23-28(29(24)33-4)26(20-12-7-5-8-13-20)27-22(16-11-17-25(27)32-3)31(23)21-14-9-6-10-15-21/h5-19H,1-4H3/q+1. The summed E-state index contributed by atoms with van der Waals surface area (Å²) in [6.45, 7) is 0. The molecule has 5 rings (SSSR count). The summed E-state index contributed by atoms with van der Waals surface area (Å²) in [7, 11) is 7.56. The highest BCUT2D eigenvalue weighted by Crippen LogP contribution is 2.45. The first-order valence-corrected chi connectivity index (χ1v) is 11.0. The summed E-state index contributed by atoms with van der Waals surface area (Å²) in [4.78, 5) is 2.09. The molecule has 0 spiro atoms. The Morgan fingerprint density at radius 1 is 0.636 bits per heavy atom. The minimum absolute atomic E-state index is 0.829. The number of fused-ring (bicyclic) bond motifs is 2. The SMILES string of the molecule is COc1cccc2c1c(-c1ccccc1)c1c(OC)c(N(C)C)ccc1[n+]2-c1ccccc1. The van der Waals surface area contributed by atoms with Crippen molar-refractivity contribution in [3.05, 3.63) is 91.0 Å². The lowest BCUT2D eigenvalue weighted by atomic mass is 9.93. The van der Waals surface area contributed by atoms with E-state index < -0.39 is 0 Å². The Bertz CT molecular complexity index is 1450. The molecule has 0 unspecified atom stereocenters. The number of anilines is 1. The maximum Gasteiger partial charge on any atom is 0.223 e. The van der Waals surface area contributed by atoms with Gasteiger partial charge in [-0.2, -0.15) is 4.57 Å². The molecule has 1 aromatic heterocycles. The molecule has 0 fully saturated rings. The van der Waals surface area contributed by atoms with Gasteiger partial charge in [0.15, 0.2) is 5.75 Å². The van der Waals surface area contributed by atoms with Gasteiger partial charge in [-0.25, -0.2) is 0 Å². The average molecular weight is 436 g/mol. The van der Waals surface area contributed by atoms with E-state index >= 15 is 0 Å². The van der Waals surface area contributed by atoms with Crippen LogP contribution < -0.4 is 18.9 Å². The molecule has 4 nitrogen and oxygen atoms in total. The fraction of sp³-hybridized carbons (Fsp3) is 0.138. The lowest BCUT2D eigenvalue weighted by molar-refractivity contribution is -0.537. The molecule has 33 heavy (non-hydrogen) atoms. The Morgan fingerprint density at radius 2 is 1.30 bits per heavy atom. The van der Waals surface area contributed by atoms with Crippen LogP contribution in [-0.4, -0.2) is 28.3 Å². The highest BCUT2D eigenvalue weighted by Gasteiger charge is 2.29. The van der Waals surface area contributed by atoms with E-state index in [2.05, 4.69) is 76.2 Å². The predicted octanol–water partition coefficient (Wildman–Crippen LogP) is 6.02. The van der Waals surface area contributed by atoms with E-state index in [4.69, 9.17) is 9.47 Å². The van der Waals surface area contributed by atoms with Crippen molar-refractivity contribution in [1.82, 2.24) is 0 Å². The molecule has 0 saturated carbocycles. The highest BCUT2D eigenvalue weighted by molar-refractivity contribution is 6.13. The summed E-state index contributed by atoms with van der Waals surface area (Å²) in [6, 6.07) is 31.5. The number of hydrogen-bond acceptors (Lipinski definition) is 3. The van der Waals surface area contributed by atoms with Gasteiger partial charge in [-0.1, -0.05) is 54.6 Å². The number of rotatable bonds is 5. The topological polar surface area (TPSA) is 25.6 Å². The number of aromatic nitrogens is 1. The van der Waals surface area contributed by atoms with E-state index in [0.717, 1.165) is 55.8 Å². The second kappa shape index (κ2) is 8.47. The molecule has 0 aliphatic heterocycles. The Kier molecular flexibility index (Phi) is 5.35. The third-order valence-corrected chi connectivity index (χ3v) is 6.08. The molecular weight excluding hydrogens is 408 g/mol. The molecule has 4 aromatic carbocycles. The van der Waals surface area contributed by atoms with Gasteiger partial charge in [0.05, 0.1) is 30.7 Å². The van der Waals surface area contributed by atoms with Gasteiger partial charge < -0.3 is 14.4 Å². The van der Waals surface area contributed by atoms with Gasteiger partial charge in [-0.05, 0) is 17.7 Å². The summed E-state index contributed by atoms with van der Waals surface area (Å²) in [5.41, 5.74) is 6.48. The Hall–Kier alpha value is -4.05. The molecule has 0 radical (unpaired) electrons. The zero-order valence-electron chi connectivity index (χ0n) is 19.4. The molecule has 0 aliphatic rings. The monoisotopic (exact) mass is 435 g/mol. The van der Waals surface area contributed by atoms with E-state index in [1.165, 1.54) is 0 Å². The second-order valence-electron chi connectivity index (χ2n) is 8.17. The minimum atomic E-state index is 0.829. The molecule has 0 bridgehead atoms. The molecule has 0 saturated heterocycles. The predicted molar refractivity (Wildman–Crippen MR) is 136 cm³/mol. The molecule has 164 valence electrons. The molecule has 0 N–H and O–H groups in total. The zero-order valence-corrected chi connectivity index (χ0v) is 19.4. The largest absolute Gasteiger partial charge is 0.496 e. The van der Waals surface area contributed by atoms with Gasteiger partial charge in [-0.15, -0.1) is 0 Å². The van der Waals surface area contributed by atoms with Crippen LogP contribution >= 0.6 is 0 Å². The van der Waals surface area contributed by atoms with Crippen molar-refractivity contribution in [2.75, 3.05) is 33.2 Å². The van der Waals surface area contributed by atoms with Crippen molar-refractivity contribution in [2.45, 2.75) is 0 Å². The highest BCUT2D eigenvalue weighted by atomic mass is 16.5. The van der Waals surface area contributed by atoms with Gasteiger partial charge in [0, 0.05) is 43.9 Å². The third kappa shape index (κ3) is 3.35. The summed E-state index contributed by atoms with van der Waals surface area (Å²) in [5, 5.41) is 2.10. The van der Waals surface area contributed by atoms with Crippen LogP contribution in [0, 0.1) is 0 Å².